The summed E-state index contributed by atoms with van der Waals surface area (Å²) in [5.74, 6) is -0.331. The minimum atomic E-state index is -0.601. The Kier molecular flexibility index (Phi) is 3.99. The number of aromatic amines is 1. The van der Waals surface area contributed by atoms with Crippen molar-refractivity contribution in [2.45, 2.75) is 25.8 Å². The standard InChI is InChI=1S/C14H18N2O2/c1-2-7-18-14(17)12(15)8-10-9-16-13-6-4-3-5-11(10)13/h3-6,9,12,16H,2,7-8,15H2,1H3/t12-/m1/s1. The summed E-state index contributed by atoms with van der Waals surface area (Å²) in [6.45, 7) is 2.39. The number of benzene rings is 1. The molecular weight excluding hydrogens is 228 g/mol. The van der Waals surface area contributed by atoms with Gasteiger partial charge >= 0.3 is 5.97 Å². The molecule has 0 aliphatic carbocycles. The van der Waals surface area contributed by atoms with E-state index in [2.05, 4.69) is 4.98 Å². The zero-order chi connectivity index (χ0) is 13.0. The van der Waals surface area contributed by atoms with Gasteiger partial charge in [-0.1, -0.05) is 25.1 Å². The zero-order valence-corrected chi connectivity index (χ0v) is 10.5. The lowest BCUT2D eigenvalue weighted by Crippen LogP contribution is -2.34. The van der Waals surface area contributed by atoms with Gasteiger partial charge in [0.15, 0.2) is 0 Å². The van der Waals surface area contributed by atoms with E-state index in [-0.39, 0.29) is 5.97 Å². The van der Waals surface area contributed by atoms with Crippen LogP contribution in [0.25, 0.3) is 10.9 Å². The number of para-hydroxylation sites is 1. The molecule has 0 bridgehead atoms. The van der Waals surface area contributed by atoms with Crippen LogP contribution in [-0.2, 0) is 16.0 Å². The summed E-state index contributed by atoms with van der Waals surface area (Å²) in [4.78, 5) is 14.8. The Morgan fingerprint density at radius 3 is 3.00 bits per heavy atom. The fraction of sp³-hybridized carbons (Fsp3) is 0.357. The van der Waals surface area contributed by atoms with Crippen molar-refractivity contribution in [3.8, 4) is 0 Å². The molecule has 0 saturated heterocycles. The first-order chi connectivity index (χ1) is 8.72. The minimum Gasteiger partial charge on any atom is -0.465 e. The number of hydrogen-bond acceptors (Lipinski definition) is 3. The van der Waals surface area contributed by atoms with E-state index in [0.29, 0.717) is 13.0 Å². The highest BCUT2D eigenvalue weighted by Gasteiger charge is 2.17. The summed E-state index contributed by atoms with van der Waals surface area (Å²) < 4.78 is 5.04. The number of nitrogens with one attached hydrogen (secondary N) is 1. The normalized spacial score (nSPS) is 12.6. The number of ether oxygens (including phenoxy) is 1. The molecule has 1 aromatic carbocycles. The second-order valence-electron chi connectivity index (χ2n) is 4.34. The molecule has 96 valence electrons. The lowest BCUT2D eigenvalue weighted by molar-refractivity contribution is -0.145. The third kappa shape index (κ3) is 2.71. The van der Waals surface area contributed by atoms with Gasteiger partial charge in [-0.05, 0) is 18.1 Å². The number of rotatable bonds is 5. The minimum absolute atomic E-state index is 0.331. The maximum atomic E-state index is 11.6. The van der Waals surface area contributed by atoms with E-state index in [4.69, 9.17) is 10.5 Å². The van der Waals surface area contributed by atoms with Crippen molar-refractivity contribution in [2.75, 3.05) is 6.61 Å². The number of esters is 1. The predicted octanol–water partition coefficient (Wildman–Crippen LogP) is 1.99. The van der Waals surface area contributed by atoms with Crippen molar-refractivity contribution in [3.63, 3.8) is 0 Å². The maximum absolute atomic E-state index is 11.6. The molecule has 4 heteroatoms. The summed E-state index contributed by atoms with van der Waals surface area (Å²) >= 11 is 0. The first-order valence-corrected chi connectivity index (χ1v) is 6.19. The van der Waals surface area contributed by atoms with Gasteiger partial charge in [-0.3, -0.25) is 4.79 Å². The zero-order valence-electron chi connectivity index (χ0n) is 10.5. The largest absolute Gasteiger partial charge is 0.465 e. The third-order valence-corrected chi connectivity index (χ3v) is 2.87. The molecule has 0 aliphatic heterocycles. The smallest absolute Gasteiger partial charge is 0.323 e. The van der Waals surface area contributed by atoms with Gasteiger partial charge in [-0.15, -0.1) is 0 Å². The van der Waals surface area contributed by atoms with E-state index in [1.165, 1.54) is 0 Å². The van der Waals surface area contributed by atoms with E-state index in [1.54, 1.807) is 0 Å². The molecule has 2 rings (SSSR count). The summed E-state index contributed by atoms with van der Waals surface area (Å²) in [5, 5.41) is 1.11. The fourth-order valence-electron chi connectivity index (χ4n) is 1.93. The molecule has 0 unspecified atom stereocenters. The molecule has 4 nitrogen and oxygen atoms in total. The van der Waals surface area contributed by atoms with Gasteiger partial charge in [0.1, 0.15) is 6.04 Å². The Morgan fingerprint density at radius 2 is 2.22 bits per heavy atom. The molecule has 0 aliphatic rings. The highest BCUT2D eigenvalue weighted by Crippen LogP contribution is 2.18. The van der Waals surface area contributed by atoms with Crippen LogP contribution in [0.4, 0.5) is 0 Å². The summed E-state index contributed by atoms with van der Waals surface area (Å²) in [7, 11) is 0. The molecule has 18 heavy (non-hydrogen) atoms. The number of carbonyl (C=O) groups excluding carboxylic acids is 1. The second-order valence-corrected chi connectivity index (χ2v) is 4.34. The van der Waals surface area contributed by atoms with Crippen LogP contribution in [0.3, 0.4) is 0 Å². The highest BCUT2D eigenvalue weighted by atomic mass is 16.5. The monoisotopic (exact) mass is 246 g/mol. The quantitative estimate of drug-likeness (QED) is 0.793. The van der Waals surface area contributed by atoms with E-state index >= 15 is 0 Å². The van der Waals surface area contributed by atoms with Crippen LogP contribution in [0.1, 0.15) is 18.9 Å². The van der Waals surface area contributed by atoms with E-state index in [0.717, 1.165) is 22.9 Å². The van der Waals surface area contributed by atoms with Crippen molar-refractivity contribution in [3.05, 3.63) is 36.0 Å². The van der Waals surface area contributed by atoms with Crippen molar-refractivity contribution >= 4 is 16.9 Å². The van der Waals surface area contributed by atoms with Gasteiger partial charge < -0.3 is 15.5 Å². The number of aromatic nitrogens is 1. The van der Waals surface area contributed by atoms with Gasteiger partial charge in [-0.25, -0.2) is 0 Å². The van der Waals surface area contributed by atoms with Crippen LogP contribution in [-0.4, -0.2) is 23.6 Å². The lowest BCUT2D eigenvalue weighted by Gasteiger charge is -2.10. The first-order valence-electron chi connectivity index (χ1n) is 6.19. The van der Waals surface area contributed by atoms with E-state index < -0.39 is 6.04 Å². The van der Waals surface area contributed by atoms with Gasteiger partial charge in [-0.2, -0.15) is 0 Å². The Labute approximate surface area is 106 Å². The fourth-order valence-corrected chi connectivity index (χ4v) is 1.93. The molecular formula is C14H18N2O2. The molecule has 2 aromatic rings. The van der Waals surface area contributed by atoms with Gasteiger partial charge in [0.25, 0.3) is 0 Å². The van der Waals surface area contributed by atoms with Crippen molar-refractivity contribution in [1.82, 2.24) is 4.98 Å². The SMILES string of the molecule is CCCOC(=O)[C@H](N)Cc1c[nH]c2ccccc12. The van der Waals surface area contributed by atoms with Crippen LogP contribution < -0.4 is 5.73 Å². The predicted molar refractivity (Wildman–Crippen MR) is 71.2 cm³/mol. The van der Waals surface area contributed by atoms with Crippen LogP contribution in [0.5, 0.6) is 0 Å². The molecule has 0 radical (unpaired) electrons. The van der Waals surface area contributed by atoms with Gasteiger partial charge in [0.05, 0.1) is 6.61 Å². The third-order valence-electron chi connectivity index (χ3n) is 2.87. The number of hydrogen-bond donors (Lipinski definition) is 2. The van der Waals surface area contributed by atoms with Crippen molar-refractivity contribution in [1.29, 1.82) is 0 Å². The molecule has 1 heterocycles. The average Bonchev–Trinajstić information content (AvgIpc) is 2.79. The van der Waals surface area contributed by atoms with Crippen LogP contribution >= 0.6 is 0 Å². The Morgan fingerprint density at radius 1 is 1.44 bits per heavy atom. The van der Waals surface area contributed by atoms with Crippen molar-refractivity contribution in [2.24, 2.45) is 5.73 Å². The number of H-pyrrole nitrogens is 1. The topological polar surface area (TPSA) is 68.1 Å². The first kappa shape index (κ1) is 12.6. The summed E-state index contributed by atoms with van der Waals surface area (Å²) in [6.07, 6.45) is 3.20. The molecule has 1 aromatic heterocycles. The van der Waals surface area contributed by atoms with E-state index in [1.807, 2.05) is 37.4 Å². The average molecular weight is 246 g/mol. The van der Waals surface area contributed by atoms with Crippen LogP contribution in [0.2, 0.25) is 0 Å². The molecule has 0 amide bonds. The summed E-state index contributed by atoms with van der Waals surface area (Å²) in [6, 6.07) is 7.36. The number of fused-ring (bicyclic) bond motifs is 1. The Balaban J connectivity index is 2.07. The molecule has 3 N–H and O–H groups in total. The molecule has 0 saturated carbocycles. The van der Waals surface area contributed by atoms with E-state index in [9.17, 15) is 4.79 Å². The molecule has 0 fully saturated rings. The van der Waals surface area contributed by atoms with Crippen LogP contribution in [0, 0.1) is 0 Å². The maximum Gasteiger partial charge on any atom is 0.323 e. The highest BCUT2D eigenvalue weighted by molar-refractivity contribution is 5.84. The summed E-state index contributed by atoms with van der Waals surface area (Å²) in [5.41, 5.74) is 7.96. The Hall–Kier alpha value is -1.81. The van der Waals surface area contributed by atoms with Gasteiger partial charge in [0.2, 0.25) is 0 Å². The number of carbonyl (C=O) groups is 1. The second kappa shape index (κ2) is 5.69. The van der Waals surface area contributed by atoms with Crippen molar-refractivity contribution < 1.29 is 9.53 Å². The Bertz CT molecular complexity index is 533. The molecule has 0 spiro atoms. The lowest BCUT2D eigenvalue weighted by atomic mass is 10.1. The molecule has 1 atom stereocenters. The number of nitrogens with two attached hydrogens (primary N) is 1. The van der Waals surface area contributed by atoms with Crippen LogP contribution in [0.15, 0.2) is 30.5 Å². The van der Waals surface area contributed by atoms with Gasteiger partial charge in [0, 0.05) is 23.5 Å².